The number of amides is 1. The third-order valence-electron chi connectivity index (χ3n) is 3.67. The predicted octanol–water partition coefficient (Wildman–Crippen LogP) is 2.39. The van der Waals surface area contributed by atoms with Crippen molar-refractivity contribution in [2.24, 2.45) is 11.8 Å². The third kappa shape index (κ3) is 2.04. The van der Waals surface area contributed by atoms with Crippen molar-refractivity contribution >= 4 is 11.9 Å². The number of hydrogen-bond donors (Lipinski definition) is 0. The van der Waals surface area contributed by atoms with E-state index in [2.05, 4.69) is 0 Å². The molecule has 2 heterocycles. The van der Waals surface area contributed by atoms with Crippen LogP contribution in [0.15, 0.2) is 12.2 Å². The fourth-order valence-corrected chi connectivity index (χ4v) is 2.74. The highest BCUT2D eigenvalue weighted by molar-refractivity contribution is 5.88. The van der Waals surface area contributed by atoms with Crippen LogP contribution in [0.4, 0.5) is 4.79 Å². The van der Waals surface area contributed by atoms with Gasteiger partial charge in [-0.3, -0.25) is 9.69 Å². The van der Waals surface area contributed by atoms with E-state index in [-0.39, 0.29) is 35.8 Å². The van der Waals surface area contributed by atoms with Gasteiger partial charge in [-0.2, -0.15) is 0 Å². The summed E-state index contributed by atoms with van der Waals surface area (Å²) in [6.07, 6.45) is 3.59. The summed E-state index contributed by atoms with van der Waals surface area (Å²) in [5.74, 6) is -0.0696. The molecule has 4 nitrogen and oxygen atoms in total. The largest absolute Gasteiger partial charge is 0.444 e. The molecule has 1 saturated heterocycles. The molecule has 1 amide bonds. The van der Waals surface area contributed by atoms with Crippen LogP contribution in [0.25, 0.3) is 0 Å². The molecule has 0 aromatic rings. The van der Waals surface area contributed by atoms with Gasteiger partial charge in [0, 0.05) is 11.8 Å². The van der Waals surface area contributed by atoms with Crippen molar-refractivity contribution in [3.63, 3.8) is 0 Å². The lowest BCUT2D eigenvalue weighted by Crippen LogP contribution is -2.56. The average molecular weight is 251 g/mol. The fraction of sp³-hybridized carbons (Fsp3) is 0.714. The maximum Gasteiger partial charge on any atom is 0.411 e. The summed E-state index contributed by atoms with van der Waals surface area (Å²) < 4.78 is 5.43. The third-order valence-corrected chi connectivity index (χ3v) is 3.67. The molecule has 0 aromatic carbocycles. The minimum absolute atomic E-state index is 0.145. The molecule has 2 aliphatic rings. The second kappa shape index (κ2) is 4.11. The molecule has 0 saturated carbocycles. The van der Waals surface area contributed by atoms with Crippen LogP contribution in [0.5, 0.6) is 0 Å². The molecule has 0 spiro atoms. The molecule has 0 aromatic heterocycles. The lowest BCUT2D eigenvalue weighted by atomic mass is 9.83. The quantitative estimate of drug-likeness (QED) is 0.621. The Morgan fingerprint density at radius 3 is 2.00 bits per heavy atom. The van der Waals surface area contributed by atoms with Gasteiger partial charge in [0.15, 0.2) is 0 Å². The first kappa shape index (κ1) is 13.1. The minimum atomic E-state index is -0.509. The molecule has 0 radical (unpaired) electrons. The first-order chi connectivity index (χ1) is 8.22. The maximum atomic E-state index is 12.2. The topological polar surface area (TPSA) is 46.6 Å². The zero-order chi connectivity index (χ0) is 13.7. The second-order valence-corrected chi connectivity index (χ2v) is 6.23. The minimum Gasteiger partial charge on any atom is -0.444 e. The average Bonchev–Trinajstić information content (AvgIpc) is 2.63. The molecular formula is C14H21NO3. The van der Waals surface area contributed by atoms with Gasteiger partial charge < -0.3 is 4.74 Å². The van der Waals surface area contributed by atoms with Crippen molar-refractivity contribution in [1.29, 1.82) is 0 Å². The standard InChI is InChI=1S/C14H21NO3/c1-8-10-6-7-11(9(2)12(8)16)15(10)13(17)18-14(3,4)5/h6-11H,1-5H3/t8-,9+,10-,11+. The van der Waals surface area contributed by atoms with Crippen LogP contribution in [-0.4, -0.2) is 34.5 Å². The Morgan fingerprint density at radius 1 is 1.17 bits per heavy atom. The molecular weight excluding hydrogens is 230 g/mol. The van der Waals surface area contributed by atoms with Gasteiger partial charge in [0.25, 0.3) is 0 Å². The van der Waals surface area contributed by atoms with Crippen molar-refractivity contribution in [3.8, 4) is 0 Å². The van der Waals surface area contributed by atoms with E-state index in [9.17, 15) is 9.59 Å². The van der Waals surface area contributed by atoms with E-state index < -0.39 is 5.60 Å². The first-order valence-corrected chi connectivity index (χ1v) is 6.46. The Labute approximate surface area is 108 Å². The van der Waals surface area contributed by atoms with Gasteiger partial charge in [-0.25, -0.2) is 4.79 Å². The summed E-state index contributed by atoms with van der Waals surface area (Å²) >= 11 is 0. The highest BCUT2D eigenvalue weighted by Crippen LogP contribution is 2.36. The van der Waals surface area contributed by atoms with E-state index in [1.165, 1.54) is 0 Å². The van der Waals surface area contributed by atoms with Gasteiger partial charge in [-0.05, 0) is 20.8 Å². The van der Waals surface area contributed by atoms with Crippen molar-refractivity contribution in [3.05, 3.63) is 12.2 Å². The lowest BCUT2D eigenvalue weighted by Gasteiger charge is -2.41. The van der Waals surface area contributed by atoms with Crippen LogP contribution in [0.2, 0.25) is 0 Å². The van der Waals surface area contributed by atoms with E-state index in [4.69, 9.17) is 4.74 Å². The number of rotatable bonds is 0. The maximum absolute atomic E-state index is 12.2. The second-order valence-electron chi connectivity index (χ2n) is 6.23. The van der Waals surface area contributed by atoms with Gasteiger partial charge in [0.1, 0.15) is 11.4 Å². The van der Waals surface area contributed by atoms with Crippen LogP contribution >= 0.6 is 0 Å². The van der Waals surface area contributed by atoms with Gasteiger partial charge in [-0.1, -0.05) is 26.0 Å². The fourth-order valence-electron chi connectivity index (χ4n) is 2.74. The highest BCUT2D eigenvalue weighted by atomic mass is 16.6. The Morgan fingerprint density at radius 2 is 1.61 bits per heavy atom. The summed E-state index contributed by atoms with van der Waals surface area (Å²) in [6.45, 7) is 9.31. The summed E-state index contributed by atoms with van der Waals surface area (Å²) in [5.41, 5.74) is -0.509. The van der Waals surface area contributed by atoms with E-state index in [1.54, 1.807) is 4.90 Å². The Bertz CT molecular complexity index is 386. The molecule has 2 aliphatic heterocycles. The molecule has 4 atom stereocenters. The predicted molar refractivity (Wildman–Crippen MR) is 68.1 cm³/mol. The molecule has 2 rings (SSSR count). The Kier molecular flexibility index (Phi) is 2.99. The van der Waals surface area contributed by atoms with Crippen molar-refractivity contribution < 1.29 is 14.3 Å². The smallest absolute Gasteiger partial charge is 0.411 e. The lowest BCUT2D eigenvalue weighted by molar-refractivity contribution is -0.132. The van der Waals surface area contributed by atoms with Crippen LogP contribution < -0.4 is 0 Å². The van der Waals surface area contributed by atoms with Gasteiger partial charge >= 0.3 is 6.09 Å². The molecule has 4 heteroatoms. The number of piperidine rings is 1. The van der Waals surface area contributed by atoms with Crippen LogP contribution in [-0.2, 0) is 9.53 Å². The number of carbonyl (C=O) groups is 2. The van der Waals surface area contributed by atoms with Gasteiger partial charge in [0.2, 0.25) is 0 Å². The molecule has 18 heavy (non-hydrogen) atoms. The molecule has 1 fully saturated rings. The summed E-state index contributed by atoms with van der Waals surface area (Å²) in [7, 11) is 0. The van der Waals surface area contributed by atoms with E-state index in [0.717, 1.165) is 0 Å². The van der Waals surface area contributed by atoms with Gasteiger partial charge in [-0.15, -0.1) is 0 Å². The molecule has 2 bridgehead atoms. The van der Waals surface area contributed by atoms with Crippen molar-refractivity contribution in [1.82, 2.24) is 4.90 Å². The zero-order valence-electron chi connectivity index (χ0n) is 11.6. The van der Waals surface area contributed by atoms with E-state index in [0.29, 0.717) is 0 Å². The summed E-state index contributed by atoms with van der Waals surface area (Å²) in [4.78, 5) is 26.0. The number of nitrogens with zero attached hydrogens (tertiary/aromatic N) is 1. The molecule has 0 aliphatic carbocycles. The van der Waals surface area contributed by atoms with Crippen LogP contribution in [0, 0.1) is 11.8 Å². The molecule has 100 valence electrons. The van der Waals surface area contributed by atoms with Gasteiger partial charge in [0.05, 0.1) is 12.1 Å². The number of carbonyl (C=O) groups excluding carboxylic acids is 2. The van der Waals surface area contributed by atoms with Crippen LogP contribution in [0.1, 0.15) is 34.6 Å². The van der Waals surface area contributed by atoms with Crippen molar-refractivity contribution in [2.75, 3.05) is 0 Å². The Balaban J connectivity index is 2.21. The normalized spacial score (nSPS) is 34.9. The Hall–Kier alpha value is -1.32. The summed E-state index contributed by atoms with van der Waals surface area (Å²) in [6, 6.07) is -0.290. The first-order valence-electron chi connectivity index (χ1n) is 6.46. The van der Waals surface area contributed by atoms with E-state index >= 15 is 0 Å². The number of fused-ring (bicyclic) bond motifs is 2. The summed E-state index contributed by atoms with van der Waals surface area (Å²) in [5, 5.41) is 0. The number of hydrogen-bond acceptors (Lipinski definition) is 3. The van der Waals surface area contributed by atoms with Crippen LogP contribution in [0.3, 0.4) is 0 Å². The number of Topliss-reactive ketones (excluding diaryl/α,β-unsaturated/α-hetero) is 1. The number of ether oxygens (including phenoxy) is 1. The van der Waals surface area contributed by atoms with Crippen molar-refractivity contribution in [2.45, 2.75) is 52.3 Å². The molecule has 0 N–H and O–H groups in total. The zero-order valence-corrected chi connectivity index (χ0v) is 11.6. The molecule has 0 unspecified atom stereocenters. The SMILES string of the molecule is C[C@@H]1C(=O)[C@H](C)[C@H]2C=C[C@@H]1N2C(=O)OC(C)(C)C. The highest BCUT2D eigenvalue weighted by Gasteiger charge is 2.49. The number of ketones is 1. The van der Waals surface area contributed by atoms with E-state index in [1.807, 2.05) is 46.8 Å². The monoisotopic (exact) mass is 251 g/mol.